The third-order valence-electron chi connectivity index (χ3n) is 3.29. The van der Waals surface area contributed by atoms with Crippen molar-refractivity contribution in [2.45, 2.75) is 6.42 Å². The molecule has 1 heterocycles. The van der Waals surface area contributed by atoms with Crippen LogP contribution < -0.4 is 4.90 Å². The van der Waals surface area contributed by atoms with Gasteiger partial charge in [0.15, 0.2) is 0 Å². The fourth-order valence-electron chi connectivity index (χ4n) is 2.29. The number of anilines is 1. The van der Waals surface area contributed by atoms with E-state index in [1.165, 1.54) is 4.90 Å². The molecule has 0 N–H and O–H groups in total. The molecule has 0 spiro atoms. The first-order valence-corrected chi connectivity index (χ1v) is 6.91. The highest BCUT2D eigenvalue weighted by Gasteiger charge is 2.34. The molecular weight excluding hydrogens is 286 g/mol. The standard InChI is InChI=1S/C17H12ClNO2/c18-14-8-6-12(7-9-14)10-13-11-16(20)19(17(13)21)15-4-2-1-3-5-15/h1-10H,11H2/b13-10-. The summed E-state index contributed by atoms with van der Waals surface area (Å²) in [6.07, 6.45) is 1.86. The first-order valence-electron chi connectivity index (χ1n) is 6.53. The molecule has 3 rings (SSSR count). The molecule has 1 fully saturated rings. The van der Waals surface area contributed by atoms with E-state index in [1.807, 2.05) is 18.2 Å². The maximum atomic E-state index is 12.4. The molecule has 4 heteroatoms. The van der Waals surface area contributed by atoms with Gasteiger partial charge < -0.3 is 0 Å². The topological polar surface area (TPSA) is 37.4 Å². The summed E-state index contributed by atoms with van der Waals surface area (Å²) in [5, 5.41) is 0.636. The largest absolute Gasteiger partial charge is 0.274 e. The number of carbonyl (C=O) groups is 2. The Hall–Kier alpha value is -2.39. The van der Waals surface area contributed by atoms with Gasteiger partial charge in [-0.05, 0) is 35.9 Å². The molecule has 0 atom stereocenters. The number of para-hydroxylation sites is 1. The van der Waals surface area contributed by atoms with E-state index in [1.54, 1.807) is 42.5 Å². The molecule has 1 aliphatic heterocycles. The predicted octanol–water partition coefficient (Wildman–Crippen LogP) is 3.69. The minimum absolute atomic E-state index is 0.121. The zero-order valence-electron chi connectivity index (χ0n) is 11.1. The third kappa shape index (κ3) is 2.73. The highest BCUT2D eigenvalue weighted by Crippen LogP contribution is 2.27. The van der Waals surface area contributed by atoms with Crippen molar-refractivity contribution in [1.82, 2.24) is 0 Å². The van der Waals surface area contributed by atoms with E-state index < -0.39 is 0 Å². The minimum atomic E-state index is -0.263. The van der Waals surface area contributed by atoms with Crippen molar-refractivity contribution in [1.29, 1.82) is 0 Å². The maximum absolute atomic E-state index is 12.4. The molecule has 0 unspecified atom stereocenters. The molecule has 0 radical (unpaired) electrons. The lowest BCUT2D eigenvalue weighted by atomic mass is 10.1. The van der Waals surface area contributed by atoms with Crippen LogP contribution in [-0.4, -0.2) is 11.8 Å². The molecular formula is C17H12ClNO2. The number of imide groups is 1. The lowest BCUT2D eigenvalue weighted by Crippen LogP contribution is -2.28. The fourth-order valence-corrected chi connectivity index (χ4v) is 2.41. The van der Waals surface area contributed by atoms with Gasteiger partial charge >= 0.3 is 0 Å². The van der Waals surface area contributed by atoms with Gasteiger partial charge in [-0.2, -0.15) is 0 Å². The Morgan fingerprint density at radius 3 is 2.29 bits per heavy atom. The number of rotatable bonds is 2. The summed E-state index contributed by atoms with van der Waals surface area (Å²) in [4.78, 5) is 25.7. The zero-order chi connectivity index (χ0) is 14.8. The number of halogens is 1. The normalized spacial score (nSPS) is 16.8. The molecule has 0 aliphatic carbocycles. The van der Waals surface area contributed by atoms with Crippen molar-refractivity contribution in [2.75, 3.05) is 4.90 Å². The second-order valence-corrected chi connectivity index (χ2v) is 5.20. The van der Waals surface area contributed by atoms with Gasteiger partial charge in [0.1, 0.15) is 0 Å². The average Bonchev–Trinajstić information content (AvgIpc) is 2.77. The van der Waals surface area contributed by atoms with E-state index in [4.69, 9.17) is 11.6 Å². The van der Waals surface area contributed by atoms with Crippen LogP contribution in [0.5, 0.6) is 0 Å². The molecule has 2 aromatic carbocycles. The number of carbonyl (C=O) groups excluding carboxylic acids is 2. The number of hydrogen-bond donors (Lipinski definition) is 0. The predicted molar refractivity (Wildman–Crippen MR) is 83.0 cm³/mol. The number of amides is 2. The van der Waals surface area contributed by atoms with Crippen molar-refractivity contribution in [3.63, 3.8) is 0 Å². The van der Waals surface area contributed by atoms with E-state index in [0.717, 1.165) is 5.56 Å². The quantitative estimate of drug-likeness (QED) is 0.626. The Labute approximate surface area is 127 Å². The van der Waals surface area contributed by atoms with E-state index in [0.29, 0.717) is 16.3 Å². The van der Waals surface area contributed by atoms with Gasteiger partial charge in [-0.3, -0.25) is 9.59 Å². The SMILES string of the molecule is O=C1C/C(=C/c2ccc(Cl)cc2)C(=O)N1c1ccccc1. The van der Waals surface area contributed by atoms with Crippen LogP contribution in [0, 0.1) is 0 Å². The Morgan fingerprint density at radius 1 is 0.952 bits per heavy atom. The first-order chi connectivity index (χ1) is 10.1. The van der Waals surface area contributed by atoms with E-state index in [9.17, 15) is 9.59 Å². The van der Waals surface area contributed by atoms with Gasteiger partial charge in [-0.1, -0.05) is 41.9 Å². The summed E-state index contributed by atoms with van der Waals surface area (Å²) in [6, 6.07) is 16.1. The molecule has 3 nitrogen and oxygen atoms in total. The number of nitrogens with zero attached hydrogens (tertiary/aromatic N) is 1. The third-order valence-corrected chi connectivity index (χ3v) is 3.55. The van der Waals surface area contributed by atoms with Crippen LogP contribution >= 0.6 is 11.6 Å². The Bertz CT molecular complexity index is 720. The molecule has 0 saturated carbocycles. The molecule has 2 amide bonds. The number of hydrogen-bond acceptors (Lipinski definition) is 2. The van der Waals surface area contributed by atoms with Crippen molar-refractivity contribution < 1.29 is 9.59 Å². The van der Waals surface area contributed by atoms with Gasteiger partial charge in [0.25, 0.3) is 5.91 Å². The van der Waals surface area contributed by atoms with Crippen LogP contribution in [0.3, 0.4) is 0 Å². The van der Waals surface area contributed by atoms with Crippen molar-refractivity contribution >= 4 is 35.2 Å². The Kier molecular flexibility index (Phi) is 3.59. The molecule has 21 heavy (non-hydrogen) atoms. The van der Waals surface area contributed by atoms with Crippen LogP contribution in [-0.2, 0) is 9.59 Å². The van der Waals surface area contributed by atoms with Crippen LogP contribution in [0.1, 0.15) is 12.0 Å². The summed E-state index contributed by atoms with van der Waals surface area (Å²) in [6.45, 7) is 0. The molecule has 1 saturated heterocycles. The van der Waals surface area contributed by atoms with Gasteiger partial charge in [-0.25, -0.2) is 4.90 Å². The molecule has 2 aromatic rings. The van der Waals surface area contributed by atoms with Crippen LogP contribution in [0.15, 0.2) is 60.2 Å². The smallest absolute Gasteiger partial charge is 0.261 e. The van der Waals surface area contributed by atoms with Crippen molar-refractivity contribution in [2.24, 2.45) is 0 Å². The summed E-state index contributed by atoms with van der Waals surface area (Å²) in [5.41, 5.74) is 1.95. The maximum Gasteiger partial charge on any atom is 0.261 e. The van der Waals surface area contributed by atoms with E-state index in [2.05, 4.69) is 0 Å². The number of benzene rings is 2. The van der Waals surface area contributed by atoms with Gasteiger partial charge in [0, 0.05) is 10.6 Å². The Balaban J connectivity index is 1.92. The van der Waals surface area contributed by atoms with Gasteiger partial charge in [-0.15, -0.1) is 0 Å². The van der Waals surface area contributed by atoms with Gasteiger partial charge in [0.2, 0.25) is 5.91 Å². The fraction of sp³-hybridized carbons (Fsp3) is 0.0588. The highest BCUT2D eigenvalue weighted by atomic mass is 35.5. The zero-order valence-corrected chi connectivity index (χ0v) is 11.9. The van der Waals surface area contributed by atoms with E-state index >= 15 is 0 Å². The lowest BCUT2D eigenvalue weighted by molar-refractivity contribution is -0.120. The van der Waals surface area contributed by atoms with Crippen LogP contribution in [0.4, 0.5) is 5.69 Å². The van der Waals surface area contributed by atoms with Crippen molar-refractivity contribution in [3.8, 4) is 0 Å². The molecule has 104 valence electrons. The molecule has 0 aromatic heterocycles. The first kappa shape index (κ1) is 13.6. The monoisotopic (exact) mass is 297 g/mol. The minimum Gasteiger partial charge on any atom is -0.274 e. The highest BCUT2D eigenvalue weighted by molar-refractivity contribution is 6.31. The average molecular weight is 298 g/mol. The second-order valence-electron chi connectivity index (χ2n) is 4.77. The lowest BCUT2D eigenvalue weighted by Gasteiger charge is -2.12. The van der Waals surface area contributed by atoms with E-state index in [-0.39, 0.29) is 18.2 Å². The second kappa shape index (κ2) is 5.54. The summed E-state index contributed by atoms with van der Waals surface area (Å²) in [5.74, 6) is -0.465. The summed E-state index contributed by atoms with van der Waals surface area (Å²) in [7, 11) is 0. The van der Waals surface area contributed by atoms with Crippen LogP contribution in [0.25, 0.3) is 6.08 Å². The molecule has 0 bridgehead atoms. The Morgan fingerprint density at radius 2 is 1.62 bits per heavy atom. The van der Waals surface area contributed by atoms with Crippen molar-refractivity contribution in [3.05, 3.63) is 70.8 Å². The van der Waals surface area contributed by atoms with Crippen LogP contribution in [0.2, 0.25) is 5.02 Å². The molecule has 1 aliphatic rings. The summed E-state index contributed by atoms with van der Waals surface area (Å²) >= 11 is 5.83. The van der Waals surface area contributed by atoms with Gasteiger partial charge in [0.05, 0.1) is 12.1 Å². The summed E-state index contributed by atoms with van der Waals surface area (Å²) < 4.78 is 0.